The summed E-state index contributed by atoms with van der Waals surface area (Å²) in [6, 6.07) is 8.01. The van der Waals surface area contributed by atoms with Crippen LogP contribution < -0.4 is 5.32 Å². The van der Waals surface area contributed by atoms with Gasteiger partial charge in [-0.25, -0.2) is 4.79 Å². The first-order valence-corrected chi connectivity index (χ1v) is 6.30. The summed E-state index contributed by atoms with van der Waals surface area (Å²) in [7, 11) is 1.43. The maximum Gasteiger partial charge on any atom is 0.331 e. The molecule has 1 unspecified atom stereocenters. The van der Waals surface area contributed by atoms with Gasteiger partial charge in [-0.2, -0.15) is 0 Å². The molecule has 0 bridgehead atoms. The van der Waals surface area contributed by atoms with Crippen molar-refractivity contribution in [2.45, 2.75) is 39.7 Å². The van der Waals surface area contributed by atoms with Gasteiger partial charge in [-0.3, -0.25) is 0 Å². The summed E-state index contributed by atoms with van der Waals surface area (Å²) < 4.78 is 4.91. The number of nitrogens with one attached hydrogen (secondary N) is 1. The first kappa shape index (κ1) is 14.6. The van der Waals surface area contributed by atoms with E-state index in [0.29, 0.717) is 5.92 Å². The number of ether oxygens (including phenoxy) is 1. The van der Waals surface area contributed by atoms with E-state index in [-0.39, 0.29) is 5.97 Å². The highest BCUT2D eigenvalue weighted by atomic mass is 16.5. The minimum absolute atomic E-state index is 0.225. The minimum Gasteiger partial charge on any atom is -0.467 e. The lowest BCUT2D eigenvalue weighted by atomic mass is 9.90. The Bertz CT molecular complexity index is 397. The number of hydrogen-bond donors (Lipinski definition) is 1. The molecule has 0 spiro atoms. The zero-order valence-electron chi connectivity index (χ0n) is 11.9. The van der Waals surface area contributed by atoms with Crippen LogP contribution in [0.3, 0.4) is 0 Å². The zero-order chi connectivity index (χ0) is 13.8. The van der Waals surface area contributed by atoms with Crippen molar-refractivity contribution in [1.29, 1.82) is 0 Å². The van der Waals surface area contributed by atoms with Crippen molar-refractivity contribution in [2.75, 3.05) is 12.4 Å². The van der Waals surface area contributed by atoms with E-state index in [2.05, 4.69) is 19.2 Å². The van der Waals surface area contributed by atoms with Crippen molar-refractivity contribution >= 4 is 11.7 Å². The molecule has 0 amide bonds. The van der Waals surface area contributed by atoms with Gasteiger partial charge in [0.1, 0.15) is 5.54 Å². The highest BCUT2D eigenvalue weighted by Crippen LogP contribution is 2.24. The predicted molar refractivity (Wildman–Crippen MR) is 74.7 cm³/mol. The Balaban J connectivity index is 2.90. The number of carbonyl (C=O) groups is 1. The Morgan fingerprint density at radius 2 is 1.89 bits per heavy atom. The number of hydrogen-bond acceptors (Lipinski definition) is 3. The van der Waals surface area contributed by atoms with Crippen LogP contribution in [0.2, 0.25) is 0 Å². The van der Waals surface area contributed by atoms with Crippen LogP contribution in [0.1, 0.15) is 32.8 Å². The van der Waals surface area contributed by atoms with Crippen LogP contribution in [0.5, 0.6) is 0 Å². The first-order valence-electron chi connectivity index (χ1n) is 6.30. The Labute approximate surface area is 110 Å². The summed E-state index contributed by atoms with van der Waals surface area (Å²) in [5.41, 5.74) is 1.45. The molecule has 0 aliphatic rings. The molecular weight excluding hydrogens is 226 g/mol. The monoisotopic (exact) mass is 249 g/mol. The number of rotatable bonds is 5. The van der Waals surface area contributed by atoms with Crippen molar-refractivity contribution in [3.63, 3.8) is 0 Å². The maximum atomic E-state index is 12.0. The van der Waals surface area contributed by atoms with Gasteiger partial charge in [0.25, 0.3) is 0 Å². The number of aryl methyl sites for hydroxylation is 1. The lowest BCUT2D eigenvalue weighted by molar-refractivity contribution is -0.146. The SMILES string of the molecule is COC(=O)C(C)(CC(C)C)Nc1ccc(C)cc1. The molecule has 0 saturated carbocycles. The second kappa shape index (κ2) is 5.89. The molecule has 0 saturated heterocycles. The fourth-order valence-electron chi connectivity index (χ4n) is 2.18. The molecule has 0 fully saturated rings. The molecule has 1 rings (SSSR count). The number of esters is 1. The van der Waals surface area contributed by atoms with E-state index >= 15 is 0 Å². The van der Waals surface area contributed by atoms with Gasteiger partial charge in [0, 0.05) is 5.69 Å². The molecule has 3 heteroatoms. The van der Waals surface area contributed by atoms with Crippen molar-refractivity contribution in [3.8, 4) is 0 Å². The Kier molecular flexibility index (Phi) is 4.76. The Morgan fingerprint density at radius 3 is 2.33 bits per heavy atom. The van der Waals surface area contributed by atoms with Crippen LogP contribution in [0.4, 0.5) is 5.69 Å². The standard InChI is InChI=1S/C15H23NO2/c1-11(2)10-15(4,14(17)18-5)16-13-8-6-12(3)7-9-13/h6-9,11,16H,10H2,1-5H3. The summed E-state index contributed by atoms with van der Waals surface area (Å²) in [5.74, 6) is 0.184. The largest absolute Gasteiger partial charge is 0.467 e. The van der Waals surface area contributed by atoms with Gasteiger partial charge in [0.15, 0.2) is 0 Å². The molecule has 1 N–H and O–H groups in total. The third kappa shape index (κ3) is 3.76. The van der Waals surface area contributed by atoms with Crippen LogP contribution in [-0.2, 0) is 9.53 Å². The molecule has 0 aliphatic heterocycles. The quantitative estimate of drug-likeness (QED) is 0.813. The van der Waals surface area contributed by atoms with Gasteiger partial charge in [-0.1, -0.05) is 31.5 Å². The van der Waals surface area contributed by atoms with Crippen LogP contribution in [0, 0.1) is 12.8 Å². The topological polar surface area (TPSA) is 38.3 Å². The number of methoxy groups -OCH3 is 1. The molecule has 0 radical (unpaired) electrons. The molecule has 18 heavy (non-hydrogen) atoms. The van der Waals surface area contributed by atoms with Gasteiger partial charge >= 0.3 is 5.97 Å². The fourth-order valence-corrected chi connectivity index (χ4v) is 2.18. The molecule has 0 aromatic heterocycles. The van der Waals surface area contributed by atoms with Crippen LogP contribution in [-0.4, -0.2) is 18.6 Å². The summed E-state index contributed by atoms with van der Waals surface area (Å²) in [4.78, 5) is 12.0. The van der Waals surface area contributed by atoms with Crippen molar-refractivity contribution < 1.29 is 9.53 Å². The lowest BCUT2D eigenvalue weighted by Gasteiger charge is -2.30. The second-order valence-corrected chi connectivity index (χ2v) is 5.41. The Morgan fingerprint density at radius 1 is 1.33 bits per heavy atom. The predicted octanol–water partition coefficient (Wildman–Crippen LogP) is 3.38. The second-order valence-electron chi connectivity index (χ2n) is 5.41. The van der Waals surface area contributed by atoms with Crippen LogP contribution >= 0.6 is 0 Å². The van der Waals surface area contributed by atoms with E-state index in [4.69, 9.17) is 4.74 Å². The van der Waals surface area contributed by atoms with Gasteiger partial charge < -0.3 is 10.1 Å². The van der Waals surface area contributed by atoms with Gasteiger partial charge in [0.05, 0.1) is 7.11 Å². The number of carbonyl (C=O) groups excluding carboxylic acids is 1. The fraction of sp³-hybridized carbons (Fsp3) is 0.533. The molecule has 100 valence electrons. The summed E-state index contributed by atoms with van der Waals surface area (Å²) in [5, 5.41) is 3.29. The normalized spacial score (nSPS) is 14.1. The average molecular weight is 249 g/mol. The van der Waals surface area contributed by atoms with Crippen molar-refractivity contribution in [3.05, 3.63) is 29.8 Å². The molecule has 1 atom stereocenters. The van der Waals surface area contributed by atoms with E-state index in [1.807, 2.05) is 38.1 Å². The van der Waals surface area contributed by atoms with E-state index in [1.54, 1.807) is 0 Å². The molecule has 1 aromatic carbocycles. The Hall–Kier alpha value is -1.51. The van der Waals surface area contributed by atoms with Gasteiger partial charge in [-0.15, -0.1) is 0 Å². The highest BCUT2D eigenvalue weighted by Gasteiger charge is 2.34. The maximum absolute atomic E-state index is 12.0. The molecule has 1 aromatic rings. The average Bonchev–Trinajstić information content (AvgIpc) is 2.30. The molecule has 0 heterocycles. The van der Waals surface area contributed by atoms with E-state index in [9.17, 15) is 4.79 Å². The van der Waals surface area contributed by atoms with Gasteiger partial charge in [-0.05, 0) is 38.3 Å². The van der Waals surface area contributed by atoms with E-state index in [0.717, 1.165) is 12.1 Å². The highest BCUT2D eigenvalue weighted by molar-refractivity contribution is 5.84. The molecule has 3 nitrogen and oxygen atoms in total. The van der Waals surface area contributed by atoms with Crippen molar-refractivity contribution in [2.24, 2.45) is 5.92 Å². The third-order valence-corrected chi connectivity index (χ3v) is 2.92. The minimum atomic E-state index is -0.682. The summed E-state index contributed by atoms with van der Waals surface area (Å²) in [6.45, 7) is 8.12. The summed E-state index contributed by atoms with van der Waals surface area (Å²) >= 11 is 0. The van der Waals surface area contributed by atoms with Crippen molar-refractivity contribution in [1.82, 2.24) is 0 Å². The molecular formula is C15H23NO2. The first-order chi connectivity index (χ1) is 8.37. The van der Waals surface area contributed by atoms with E-state index in [1.165, 1.54) is 12.7 Å². The van der Waals surface area contributed by atoms with Crippen LogP contribution in [0.25, 0.3) is 0 Å². The van der Waals surface area contributed by atoms with Crippen LogP contribution in [0.15, 0.2) is 24.3 Å². The third-order valence-electron chi connectivity index (χ3n) is 2.92. The smallest absolute Gasteiger partial charge is 0.331 e. The molecule has 0 aliphatic carbocycles. The zero-order valence-corrected chi connectivity index (χ0v) is 11.9. The number of benzene rings is 1. The number of anilines is 1. The van der Waals surface area contributed by atoms with Gasteiger partial charge in [0.2, 0.25) is 0 Å². The summed E-state index contributed by atoms with van der Waals surface area (Å²) in [6.07, 6.45) is 0.730. The lowest BCUT2D eigenvalue weighted by Crippen LogP contribution is -2.45. The van der Waals surface area contributed by atoms with E-state index < -0.39 is 5.54 Å².